The van der Waals surface area contributed by atoms with Gasteiger partial charge in [-0.15, -0.1) is 0 Å². The van der Waals surface area contributed by atoms with Gasteiger partial charge in [0, 0.05) is 5.92 Å². The van der Waals surface area contributed by atoms with Crippen LogP contribution in [0.2, 0.25) is 0 Å². The average molecular weight is 169 g/mol. The molecule has 1 rings (SSSR count). The Kier molecular flexibility index (Phi) is 3.26. The molecule has 1 saturated carbocycles. The van der Waals surface area contributed by atoms with Gasteiger partial charge in [0.2, 0.25) is 5.91 Å². The van der Waals surface area contributed by atoms with Crippen LogP contribution >= 0.6 is 0 Å². The molecule has 0 aliphatic heterocycles. The lowest BCUT2D eigenvalue weighted by Gasteiger charge is -2.07. The Morgan fingerprint density at radius 3 is 2.42 bits per heavy atom. The van der Waals surface area contributed by atoms with E-state index in [-0.39, 0.29) is 24.2 Å². The molecule has 1 amide bonds. The summed E-state index contributed by atoms with van der Waals surface area (Å²) in [7, 11) is 0. The topological polar surface area (TPSA) is 46.2 Å². The van der Waals surface area contributed by atoms with Gasteiger partial charge in [-0.25, -0.2) is 0 Å². The second-order valence-corrected chi connectivity index (χ2v) is 3.40. The predicted octanol–water partition coefficient (Wildman–Crippen LogP) is 0.882. The number of carbonyl (C=O) groups is 2. The summed E-state index contributed by atoms with van der Waals surface area (Å²) >= 11 is 0. The highest BCUT2D eigenvalue weighted by atomic mass is 16.2. The Hall–Kier alpha value is -0.860. The minimum atomic E-state index is 0.0151. The van der Waals surface area contributed by atoms with Crippen LogP contribution in [0, 0.1) is 5.92 Å². The molecule has 0 radical (unpaired) electrons. The van der Waals surface area contributed by atoms with Crippen molar-refractivity contribution >= 4 is 11.7 Å². The molecule has 1 fully saturated rings. The van der Waals surface area contributed by atoms with Gasteiger partial charge in [0.05, 0.1) is 6.54 Å². The lowest BCUT2D eigenvalue weighted by molar-refractivity contribution is -0.127. The number of Topliss-reactive ketones (excluding diaryl/α,β-unsaturated/α-hetero) is 1. The van der Waals surface area contributed by atoms with Gasteiger partial charge in [-0.05, 0) is 19.8 Å². The summed E-state index contributed by atoms with van der Waals surface area (Å²) in [6.45, 7) is 1.67. The van der Waals surface area contributed by atoms with Crippen LogP contribution in [0.3, 0.4) is 0 Å². The van der Waals surface area contributed by atoms with Gasteiger partial charge in [-0.1, -0.05) is 12.8 Å². The van der Waals surface area contributed by atoms with E-state index in [1.54, 1.807) is 0 Å². The van der Waals surface area contributed by atoms with Gasteiger partial charge >= 0.3 is 0 Å². The predicted molar refractivity (Wildman–Crippen MR) is 45.6 cm³/mol. The van der Waals surface area contributed by atoms with Crippen molar-refractivity contribution in [3.63, 3.8) is 0 Å². The van der Waals surface area contributed by atoms with E-state index in [0.717, 1.165) is 25.7 Å². The summed E-state index contributed by atoms with van der Waals surface area (Å²) in [5.41, 5.74) is 0. The summed E-state index contributed by atoms with van der Waals surface area (Å²) in [6.07, 6.45) is 4.28. The van der Waals surface area contributed by atoms with Gasteiger partial charge in [0.25, 0.3) is 0 Å². The largest absolute Gasteiger partial charge is 0.349 e. The number of nitrogens with one attached hydrogen (secondary N) is 1. The molecular formula is C9H15NO2. The van der Waals surface area contributed by atoms with E-state index in [4.69, 9.17) is 0 Å². The molecule has 0 heterocycles. The van der Waals surface area contributed by atoms with Crippen molar-refractivity contribution in [2.24, 2.45) is 5.92 Å². The molecule has 1 aliphatic rings. The standard InChI is InChI=1S/C9H15NO2/c1-7(11)6-10-9(12)8-4-2-3-5-8/h8H,2-6H2,1H3,(H,10,12). The van der Waals surface area contributed by atoms with E-state index >= 15 is 0 Å². The molecular weight excluding hydrogens is 154 g/mol. The summed E-state index contributed by atoms with van der Waals surface area (Å²) in [5, 5.41) is 2.64. The molecule has 0 aromatic heterocycles. The zero-order valence-electron chi connectivity index (χ0n) is 7.43. The van der Waals surface area contributed by atoms with Crippen molar-refractivity contribution in [1.82, 2.24) is 5.32 Å². The first-order valence-corrected chi connectivity index (χ1v) is 4.47. The molecule has 3 heteroatoms. The number of hydrogen-bond acceptors (Lipinski definition) is 2. The van der Waals surface area contributed by atoms with E-state index in [2.05, 4.69) is 5.32 Å². The second kappa shape index (κ2) is 4.24. The number of rotatable bonds is 3. The summed E-state index contributed by atoms with van der Waals surface area (Å²) in [4.78, 5) is 21.8. The third-order valence-corrected chi connectivity index (χ3v) is 2.24. The van der Waals surface area contributed by atoms with Gasteiger partial charge < -0.3 is 5.32 Å². The number of hydrogen-bond donors (Lipinski definition) is 1. The maximum atomic E-state index is 11.3. The summed E-state index contributed by atoms with van der Waals surface area (Å²) in [5.74, 6) is 0.244. The first-order valence-electron chi connectivity index (χ1n) is 4.47. The molecule has 12 heavy (non-hydrogen) atoms. The van der Waals surface area contributed by atoms with E-state index in [1.807, 2.05) is 0 Å². The molecule has 0 aromatic carbocycles. The van der Waals surface area contributed by atoms with Crippen molar-refractivity contribution < 1.29 is 9.59 Å². The van der Waals surface area contributed by atoms with Crippen LogP contribution in [-0.4, -0.2) is 18.2 Å². The molecule has 0 bridgehead atoms. The van der Waals surface area contributed by atoms with Crippen molar-refractivity contribution in [3.05, 3.63) is 0 Å². The normalized spacial score (nSPS) is 17.8. The zero-order chi connectivity index (χ0) is 8.97. The Morgan fingerprint density at radius 2 is 1.92 bits per heavy atom. The van der Waals surface area contributed by atoms with E-state index < -0.39 is 0 Å². The van der Waals surface area contributed by atoms with E-state index in [0.29, 0.717) is 0 Å². The van der Waals surface area contributed by atoms with Crippen LogP contribution in [0.1, 0.15) is 32.6 Å². The first-order chi connectivity index (χ1) is 5.70. The fraction of sp³-hybridized carbons (Fsp3) is 0.778. The molecule has 0 aromatic rings. The maximum absolute atomic E-state index is 11.3. The van der Waals surface area contributed by atoms with Crippen LogP contribution in [0.25, 0.3) is 0 Å². The van der Waals surface area contributed by atoms with E-state index in [9.17, 15) is 9.59 Å². The molecule has 0 saturated heterocycles. The van der Waals surface area contributed by atoms with E-state index in [1.165, 1.54) is 6.92 Å². The molecule has 0 atom stereocenters. The third-order valence-electron chi connectivity index (χ3n) is 2.24. The lowest BCUT2D eigenvalue weighted by atomic mass is 10.1. The minimum absolute atomic E-state index is 0.0151. The summed E-state index contributed by atoms with van der Waals surface area (Å²) < 4.78 is 0. The highest BCUT2D eigenvalue weighted by molar-refractivity contribution is 5.85. The first kappa shape index (κ1) is 9.23. The lowest BCUT2D eigenvalue weighted by Crippen LogP contribution is -2.32. The molecule has 3 nitrogen and oxygen atoms in total. The molecule has 0 spiro atoms. The van der Waals surface area contributed by atoms with Crippen LogP contribution in [0.4, 0.5) is 0 Å². The number of amides is 1. The van der Waals surface area contributed by atoms with Crippen molar-refractivity contribution in [3.8, 4) is 0 Å². The van der Waals surface area contributed by atoms with Crippen LogP contribution in [-0.2, 0) is 9.59 Å². The van der Waals surface area contributed by atoms with Crippen LogP contribution < -0.4 is 5.32 Å². The quantitative estimate of drug-likeness (QED) is 0.681. The Labute approximate surface area is 72.5 Å². The highest BCUT2D eigenvalue weighted by Gasteiger charge is 2.22. The van der Waals surface area contributed by atoms with Crippen molar-refractivity contribution in [1.29, 1.82) is 0 Å². The monoisotopic (exact) mass is 169 g/mol. The molecule has 0 unspecified atom stereocenters. The smallest absolute Gasteiger partial charge is 0.223 e. The van der Waals surface area contributed by atoms with Gasteiger partial charge in [-0.2, -0.15) is 0 Å². The summed E-state index contributed by atoms with van der Waals surface area (Å²) in [6, 6.07) is 0. The average Bonchev–Trinajstić information content (AvgIpc) is 2.51. The van der Waals surface area contributed by atoms with Crippen molar-refractivity contribution in [2.45, 2.75) is 32.6 Å². The van der Waals surface area contributed by atoms with Crippen LogP contribution in [0.5, 0.6) is 0 Å². The van der Waals surface area contributed by atoms with Gasteiger partial charge in [0.15, 0.2) is 0 Å². The Bertz CT molecular complexity index is 183. The molecule has 1 aliphatic carbocycles. The minimum Gasteiger partial charge on any atom is -0.349 e. The Morgan fingerprint density at radius 1 is 1.33 bits per heavy atom. The fourth-order valence-electron chi connectivity index (χ4n) is 1.54. The Balaban J connectivity index is 2.23. The maximum Gasteiger partial charge on any atom is 0.223 e. The van der Waals surface area contributed by atoms with Crippen molar-refractivity contribution in [2.75, 3.05) is 6.54 Å². The molecule has 1 N–H and O–H groups in total. The number of carbonyl (C=O) groups excluding carboxylic acids is 2. The highest BCUT2D eigenvalue weighted by Crippen LogP contribution is 2.24. The third kappa shape index (κ3) is 2.64. The number of ketones is 1. The van der Waals surface area contributed by atoms with Gasteiger partial charge in [0.1, 0.15) is 5.78 Å². The zero-order valence-corrected chi connectivity index (χ0v) is 7.43. The van der Waals surface area contributed by atoms with Crippen LogP contribution in [0.15, 0.2) is 0 Å². The fourth-order valence-corrected chi connectivity index (χ4v) is 1.54. The second-order valence-electron chi connectivity index (χ2n) is 3.40. The molecule has 68 valence electrons. The van der Waals surface area contributed by atoms with Gasteiger partial charge in [-0.3, -0.25) is 9.59 Å². The SMILES string of the molecule is CC(=O)CNC(=O)C1CCCC1.